The van der Waals surface area contributed by atoms with Crippen LogP contribution in [0.4, 0.5) is 0 Å². The molecule has 0 aliphatic carbocycles. The summed E-state index contributed by atoms with van der Waals surface area (Å²) in [5.41, 5.74) is 3.56. The van der Waals surface area contributed by atoms with Crippen molar-refractivity contribution < 1.29 is 0 Å². The zero-order chi connectivity index (χ0) is 10.1. The normalized spacial score (nSPS) is 10.1. The minimum absolute atomic E-state index is 0.534. The summed E-state index contributed by atoms with van der Waals surface area (Å²) in [4.78, 5) is 4.13. The molecule has 0 bridgehead atoms. The van der Waals surface area contributed by atoms with Crippen LogP contribution in [0.1, 0.15) is 16.7 Å². The van der Waals surface area contributed by atoms with Crippen molar-refractivity contribution in [3.8, 4) is 6.07 Å². The van der Waals surface area contributed by atoms with Gasteiger partial charge in [-0.25, -0.2) is 4.98 Å². The average molecular weight is 181 g/mol. The first-order valence-corrected chi connectivity index (χ1v) is 4.41. The van der Waals surface area contributed by atoms with Gasteiger partial charge in [-0.3, -0.25) is 0 Å². The van der Waals surface area contributed by atoms with Gasteiger partial charge in [0.2, 0.25) is 0 Å². The van der Waals surface area contributed by atoms with Crippen molar-refractivity contribution in [3.05, 3.63) is 41.1 Å². The van der Waals surface area contributed by atoms with Crippen molar-refractivity contribution in [1.82, 2.24) is 4.98 Å². The molecule has 1 aromatic carbocycles. The van der Waals surface area contributed by atoms with E-state index in [1.54, 1.807) is 0 Å². The molecule has 2 rings (SSSR count). The maximum atomic E-state index is 8.85. The van der Waals surface area contributed by atoms with E-state index in [4.69, 9.17) is 5.26 Å². The first kappa shape index (κ1) is 8.71. The molecule has 1 aromatic heterocycles. The Morgan fingerprint density at radius 1 is 1.36 bits per heavy atom. The molecule has 2 nitrogen and oxygen atoms in total. The SMILES string of the molecule is Cc1cccc2n[c]c(C#N)c(C)c12. The van der Waals surface area contributed by atoms with Gasteiger partial charge in [0, 0.05) is 5.39 Å². The third-order valence-electron chi connectivity index (χ3n) is 2.40. The van der Waals surface area contributed by atoms with E-state index in [1.165, 1.54) is 0 Å². The highest BCUT2D eigenvalue weighted by atomic mass is 14.7. The summed E-state index contributed by atoms with van der Waals surface area (Å²) in [6, 6.07) is 8.02. The van der Waals surface area contributed by atoms with Gasteiger partial charge in [-0.05, 0) is 31.0 Å². The lowest BCUT2D eigenvalue weighted by Crippen LogP contribution is -1.91. The maximum Gasteiger partial charge on any atom is 0.109 e. The fourth-order valence-corrected chi connectivity index (χ4v) is 1.67. The lowest BCUT2D eigenvalue weighted by atomic mass is 10.0. The molecule has 0 aliphatic heterocycles. The smallest absolute Gasteiger partial charge is 0.109 e. The number of aromatic nitrogens is 1. The number of fused-ring (bicyclic) bond motifs is 1. The summed E-state index contributed by atoms with van der Waals surface area (Å²) in [5.74, 6) is 0. The Hall–Kier alpha value is -1.88. The minimum atomic E-state index is 0.534. The van der Waals surface area contributed by atoms with Crippen LogP contribution in [-0.4, -0.2) is 4.98 Å². The monoisotopic (exact) mass is 181 g/mol. The molecule has 2 aromatic rings. The zero-order valence-electron chi connectivity index (χ0n) is 8.13. The fourth-order valence-electron chi connectivity index (χ4n) is 1.67. The number of benzene rings is 1. The quantitative estimate of drug-likeness (QED) is 0.626. The van der Waals surface area contributed by atoms with Crippen molar-refractivity contribution in [2.24, 2.45) is 0 Å². The Balaban J connectivity index is 2.95. The van der Waals surface area contributed by atoms with Gasteiger partial charge in [0.1, 0.15) is 12.3 Å². The molecule has 0 fully saturated rings. The van der Waals surface area contributed by atoms with Crippen LogP contribution in [0, 0.1) is 31.4 Å². The van der Waals surface area contributed by atoms with Crippen molar-refractivity contribution in [2.75, 3.05) is 0 Å². The fraction of sp³-hybridized carbons (Fsp3) is 0.167. The zero-order valence-corrected chi connectivity index (χ0v) is 8.13. The van der Waals surface area contributed by atoms with Crippen LogP contribution in [-0.2, 0) is 0 Å². The van der Waals surface area contributed by atoms with Crippen molar-refractivity contribution >= 4 is 10.9 Å². The molecule has 0 saturated carbocycles. The summed E-state index contributed by atoms with van der Waals surface area (Å²) < 4.78 is 0. The predicted octanol–water partition coefficient (Wildman–Crippen LogP) is 2.52. The Kier molecular flexibility index (Phi) is 1.94. The number of hydrogen-bond donors (Lipinski definition) is 0. The van der Waals surface area contributed by atoms with Gasteiger partial charge >= 0.3 is 0 Å². The highest BCUT2D eigenvalue weighted by Crippen LogP contribution is 2.21. The van der Waals surface area contributed by atoms with Gasteiger partial charge in [0.15, 0.2) is 0 Å². The number of aryl methyl sites for hydroxylation is 2. The summed E-state index contributed by atoms with van der Waals surface area (Å²) in [7, 11) is 0. The van der Waals surface area contributed by atoms with E-state index in [0.29, 0.717) is 5.56 Å². The van der Waals surface area contributed by atoms with E-state index < -0.39 is 0 Å². The van der Waals surface area contributed by atoms with Crippen LogP contribution in [0.2, 0.25) is 0 Å². The van der Waals surface area contributed by atoms with Crippen molar-refractivity contribution in [1.29, 1.82) is 5.26 Å². The number of nitrogens with zero attached hydrogens (tertiary/aromatic N) is 2. The molecule has 2 heteroatoms. The molecular formula is C12H9N2. The van der Waals surface area contributed by atoms with Gasteiger partial charge in [0.25, 0.3) is 0 Å². The summed E-state index contributed by atoms with van der Waals surface area (Å²) in [6.45, 7) is 3.96. The maximum absolute atomic E-state index is 8.85. The average Bonchev–Trinajstić information content (AvgIpc) is 2.18. The van der Waals surface area contributed by atoms with Gasteiger partial charge in [0.05, 0.1) is 11.1 Å². The second-order valence-corrected chi connectivity index (χ2v) is 3.30. The van der Waals surface area contributed by atoms with Gasteiger partial charge < -0.3 is 0 Å². The van der Waals surface area contributed by atoms with E-state index in [0.717, 1.165) is 22.0 Å². The Morgan fingerprint density at radius 3 is 2.86 bits per heavy atom. The molecule has 0 spiro atoms. The second kappa shape index (κ2) is 3.12. The van der Waals surface area contributed by atoms with Crippen LogP contribution in [0.15, 0.2) is 18.2 Å². The molecule has 0 amide bonds. The third kappa shape index (κ3) is 1.14. The number of pyridine rings is 1. The number of nitriles is 1. The number of rotatable bonds is 0. The molecule has 0 unspecified atom stereocenters. The molecule has 1 radical (unpaired) electrons. The van der Waals surface area contributed by atoms with Crippen molar-refractivity contribution in [3.63, 3.8) is 0 Å². The molecular weight excluding hydrogens is 172 g/mol. The summed E-state index contributed by atoms with van der Waals surface area (Å²) in [6.07, 6.45) is 2.75. The Labute approximate surface area is 82.8 Å². The minimum Gasteiger partial charge on any atom is -0.245 e. The van der Waals surface area contributed by atoms with E-state index >= 15 is 0 Å². The molecule has 14 heavy (non-hydrogen) atoms. The Morgan fingerprint density at radius 2 is 2.14 bits per heavy atom. The predicted molar refractivity (Wildman–Crippen MR) is 54.8 cm³/mol. The molecule has 0 aliphatic rings. The first-order valence-electron chi connectivity index (χ1n) is 4.41. The molecule has 0 N–H and O–H groups in total. The third-order valence-corrected chi connectivity index (χ3v) is 2.40. The molecule has 67 valence electrons. The summed E-state index contributed by atoms with van der Waals surface area (Å²) >= 11 is 0. The Bertz CT molecular complexity index is 536. The topological polar surface area (TPSA) is 36.7 Å². The lowest BCUT2D eigenvalue weighted by Gasteiger charge is -2.05. The van der Waals surface area contributed by atoms with E-state index in [-0.39, 0.29) is 0 Å². The molecule has 1 heterocycles. The number of hydrogen-bond acceptors (Lipinski definition) is 2. The van der Waals surface area contributed by atoms with Crippen molar-refractivity contribution in [2.45, 2.75) is 13.8 Å². The van der Waals surface area contributed by atoms with Crippen LogP contribution >= 0.6 is 0 Å². The van der Waals surface area contributed by atoms with Crippen LogP contribution in [0.25, 0.3) is 10.9 Å². The van der Waals surface area contributed by atoms with E-state index in [9.17, 15) is 0 Å². The van der Waals surface area contributed by atoms with E-state index in [1.807, 2.05) is 32.0 Å². The molecule has 0 saturated heterocycles. The van der Waals surface area contributed by atoms with Gasteiger partial charge in [-0.15, -0.1) is 0 Å². The summed E-state index contributed by atoms with van der Waals surface area (Å²) in [5, 5.41) is 9.92. The molecule has 0 atom stereocenters. The van der Waals surface area contributed by atoms with Gasteiger partial charge in [-0.2, -0.15) is 5.26 Å². The van der Waals surface area contributed by atoms with E-state index in [2.05, 4.69) is 17.3 Å². The van der Waals surface area contributed by atoms with Crippen LogP contribution in [0.5, 0.6) is 0 Å². The lowest BCUT2D eigenvalue weighted by molar-refractivity contribution is 1.30. The second-order valence-electron chi connectivity index (χ2n) is 3.30. The highest BCUT2D eigenvalue weighted by Gasteiger charge is 2.06. The standard InChI is InChI=1S/C12H9N2/c1-8-4-3-5-11-12(8)9(2)10(6-13)7-14-11/h3-5H,1-2H3. The van der Waals surface area contributed by atoms with Crippen LogP contribution < -0.4 is 0 Å². The van der Waals surface area contributed by atoms with Crippen LogP contribution in [0.3, 0.4) is 0 Å². The van der Waals surface area contributed by atoms with Gasteiger partial charge in [-0.1, -0.05) is 12.1 Å². The largest absolute Gasteiger partial charge is 0.245 e. The highest BCUT2D eigenvalue weighted by molar-refractivity contribution is 5.86. The first-order chi connectivity index (χ1) is 6.74.